The topological polar surface area (TPSA) is 38.3 Å². The molecule has 0 spiro atoms. The number of hydrogen-bond donors (Lipinski definition) is 1. The zero-order valence-corrected chi connectivity index (χ0v) is 16.2. The number of nitrogens with one attached hydrogen (secondary N) is 1. The minimum absolute atomic E-state index is 0. The van der Waals surface area contributed by atoms with Crippen LogP contribution in [0.25, 0.3) is 0 Å². The predicted octanol–water partition coefficient (Wildman–Crippen LogP) is 4.81. The van der Waals surface area contributed by atoms with Crippen LogP contribution < -0.4 is 10.1 Å². The summed E-state index contributed by atoms with van der Waals surface area (Å²) in [7, 11) is 1.67. The van der Waals surface area contributed by atoms with Crippen molar-refractivity contribution in [1.29, 1.82) is 0 Å². The highest BCUT2D eigenvalue weighted by atomic mass is 35.5. The van der Waals surface area contributed by atoms with E-state index < -0.39 is 0 Å². The van der Waals surface area contributed by atoms with Crippen molar-refractivity contribution in [2.45, 2.75) is 57.8 Å². The third kappa shape index (κ3) is 5.46. The summed E-state index contributed by atoms with van der Waals surface area (Å²) >= 11 is 0. The minimum Gasteiger partial charge on any atom is -0.497 e. The number of Topliss-reactive ketones (excluding diaryl/α,β-unsaturated/α-hetero) is 1. The van der Waals surface area contributed by atoms with Gasteiger partial charge in [0.2, 0.25) is 0 Å². The van der Waals surface area contributed by atoms with Crippen molar-refractivity contribution in [3.05, 3.63) is 29.3 Å². The second-order valence-electron chi connectivity index (χ2n) is 7.45. The van der Waals surface area contributed by atoms with E-state index >= 15 is 0 Å². The van der Waals surface area contributed by atoms with Gasteiger partial charge in [0.05, 0.1) is 7.11 Å². The molecule has 1 N–H and O–H groups in total. The molecular weight excluding hydrogens is 334 g/mol. The van der Waals surface area contributed by atoms with Crippen LogP contribution in [0.15, 0.2) is 18.2 Å². The number of rotatable bonds is 7. The van der Waals surface area contributed by atoms with E-state index in [2.05, 4.69) is 5.32 Å². The lowest BCUT2D eigenvalue weighted by atomic mass is 9.81. The molecule has 0 bridgehead atoms. The van der Waals surface area contributed by atoms with Crippen molar-refractivity contribution >= 4 is 18.2 Å². The van der Waals surface area contributed by atoms with E-state index in [9.17, 15) is 4.79 Å². The van der Waals surface area contributed by atoms with E-state index in [1.54, 1.807) is 7.11 Å². The van der Waals surface area contributed by atoms with E-state index in [1.165, 1.54) is 38.5 Å². The first-order valence-electron chi connectivity index (χ1n) is 9.70. The molecule has 0 aliphatic heterocycles. The van der Waals surface area contributed by atoms with E-state index in [1.807, 2.05) is 18.2 Å². The Morgan fingerprint density at radius 3 is 2.60 bits per heavy atom. The molecule has 1 atom stereocenters. The molecule has 1 aromatic rings. The van der Waals surface area contributed by atoms with Gasteiger partial charge in [0, 0.05) is 11.5 Å². The molecule has 4 heteroatoms. The van der Waals surface area contributed by atoms with E-state index in [4.69, 9.17) is 4.74 Å². The minimum atomic E-state index is 0. The second-order valence-corrected chi connectivity index (χ2v) is 7.45. The van der Waals surface area contributed by atoms with Crippen LogP contribution in [0.1, 0.15) is 67.3 Å². The van der Waals surface area contributed by atoms with Gasteiger partial charge in [0.1, 0.15) is 5.75 Å². The number of ether oxygens (including phenoxy) is 1. The molecule has 0 aromatic heterocycles. The summed E-state index contributed by atoms with van der Waals surface area (Å²) in [5.74, 6) is 2.30. The average Bonchev–Trinajstić information content (AvgIpc) is 2.63. The number of benzene rings is 1. The zero-order valence-electron chi connectivity index (χ0n) is 15.4. The summed E-state index contributed by atoms with van der Waals surface area (Å²) in [6, 6.07) is 5.87. The highest BCUT2D eigenvalue weighted by Crippen LogP contribution is 2.30. The quantitative estimate of drug-likeness (QED) is 0.704. The van der Waals surface area contributed by atoms with Gasteiger partial charge in [-0.15, -0.1) is 12.4 Å². The molecule has 25 heavy (non-hydrogen) atoms. The lowest BCUT2D eigenvalue weighted by Gasteiger charge is -2.24. The molecule has 0 radical (unpaired) electrons. The maximum absolute atomic E-state index is 12.7. The Morgan fingerprint density at radius 1 is 1.08 bits per heavy atom. The third-order valence-electron chi connectivity index (χ3n) is 5.83. The van der Waals surface area contributed by atoms with Crippen LogP contribution in [0.2, 0.25) is 0 Å². The first kappa shape index (κ1) is 20.3. The fraction of sp³-hybridized carbons (Fsp3) is 0.667. The first-order valence-corrected chi connectivity index (χ1v) is 9.70. The molecule has 0 saturated heterocycles. The number of carbonyl (C=O) groups is 1. The molecule has 1 saturated carbocycles. The standard InChI is InChI=1S/C21H31NO2.ClH/c1-24-19-9-10-20-18(15-19)8-7-17(21(20)23)12-14-22-13-11-16-5-3-2-4-6-16;/h9-10,15-17,22H,2-8,11-14H2,1H3;1H. The molecule has 140 valence electrons. The maximum Gasteiger partial charge on any atom is 0.166 e. The van der Waals surface area contributed by atoms with Crippen molar-refractivity contribution in [2.24, 2.45) is 11.8 Å². The number of fused-ring (bicyclic) bond motifs is 1. The van der Waals surface area contributed by atoms with Gasteiger partial charge >= 0.3 is 0 Å². The normalized spacial score (nSPS) is 20.7. The van der Waals surface area contributed by atoms with Gasteiger partial charge in [-0.25, -0.2) is 0 Å². The van der Waals surface area contributed by atoms with Crippen LogP contribution in [0.4, 0.5) is 0 Å². The Morgan fingerprint density at radius 2 is 1.84 bits per heavy atom. The van der Waals surface area contributed by atoms with Gasteiger partial charge < -0.3 is 10.1 Å². The molecule has 0 amide bonds. The lowest BCUT2D eigenvalue weighted by molar-refractivity contribution is 0.0894. The van der Waals surface area contributed by atoms with Gasteiger partial charge in [0.25, 0.3) is 0 Å². The summed E-state index contributed by atoms with van der Waals surface area (Å²) in [6.45, 7) is 2.08. The van der Waals surface area contributed by atoms with Crippen molar-refractivity contribution in [3.8, 4) is 5.75 Å². The molecule has 1 unspecified atom stereocenters. The van der Waals surface area contributed by atoms with E-state index in [0.29, 0.717) is 5.78 Å². The summed E-state index contributed by atoms with van der Waals surface area (Å²) in [6.07, 6.45) is 11.4. The van der Waals surface area contributed by atoms with Crippen LogP contribution in [0, 0.1) is 11.8 Å². The molecule has 1 aromatic carbocycles. The Hall–Kier alpha value is -1.06. The number of hydrogen-bond acceptors (Lipinski definition) is 3. The van der Waals surface area contributed by atoms with Crippen molar-refractivity contribution < 1.29 is 9.53 Å². The van der Waals surface area contributed by atoms with E-state index in [-0.39, 0.29) is 18.3 Å². The van der Waals surface area contributed by atoms with Gasteiger partial charge in [-0.3, -0.25) is 4.79 Å². The predicted molar refractivity (Wildman–Crippen MR) is 105 cm³/mol. The zero-order chi connectivity index (χ0) is 16.8. The lowest BCUT2D eigenvalue weighted by Crippen LogP contribution is -2.28. The number of carbonyl (C=O) groups excluding carboxylic acids is 1. The van der Waals surface area contributed by atoms with Crippen LogP contribution >= 0.6 is 12.4 Å². The average molecular weight is 366 g/mol. The van der Waals surface area contributed by atoms with Gasteiger partial charge in [-0.2, -0.15) is 0 Å². The Balaban J connectivity index is 0.00000225. The number of ketones is 1. The van der Waals surface area contributed by atoms with E-state index in [0.717, 1.165) is 55.1 Å². The summed E-state index contributed by atoms with van der Waals surface area (Å²) in [4.78, 5) is 12.7. The summed E-state index contributed by atoms with van der Waals surface area (Å²) in [5.41, 5.74) is 2.06. The van der Waals surface area contributed by atoms with Gasteiger partial charge in [0.15, 0.2) is 5.78 Å². The Labute approximate surface area is 158 Å². The van der Waals surface area contributed by atoms with Gasteiger partial charge in [-0.05, 0) is 68.5 Å². The largest absolute Gasteiger partial charge is 0.497 e. The highest BCUT2D eigenvalue weighted by Gasteiger charge is 2.27. The Bertz CT molecular complexity index is 555. The van der Waals surface area contributed by atoms with Crippen LogP contribution in [0.5, 0.6) is 5.75 Å². The smallest absolute Gasteiger partial charge is 0.166 e. The number of halogens is 1. The highest BCUT2D eigenvalue weighted by molar-refractivity contribution is 6.00. The fourth-order valence-electron chi connectivity index (χ4n) is 4.28. The summed E-state index contributed by atoms with van der Waals surface area (Å²) < 4.78 is 5.26. The SMILES string of the molecule is COc1ccc2c(c1)CCC(CCNCCC1CCCCC1)C2=O.Cl. The third-order valence-corrected chi connectivity index (χ3v) is 5.83. The van der Waals surface area contributed by atoms with Crippen molar-refractivity contribution in [1.82, 2.24) is 5.32 Å². The second kappa shape index (κ2) is 10.2. The van der Waals surface area contributed by atoms with Crippen LogP contribution in [0.3, 0.4) is 0 Å². The molecular formula is C21H32ClNO2. The van der Waals surface area contributed by atoms with Crippen molar-refractivity contribution in [3.63, 3.8) is 0 Å². The fourth-order valence-corrected chi connectivity index (χ4v) is 4.28. The van der Waals surface area contributed by atoms with Crippen LogP contribution in [-0.4, -0.2) is 26.0 Å². The molecule has 3 nitrogen and oxygen atoms in total. The molecule has 1 fully saturated rings. The Kier molecular flexibility index (Phi) is 8.25. The van der Waals surface area contributed by atoms with Gasteiger partial charge in [-0.1, -0.05) is 32.1 Å². The molecule has 0 heterocycles. The molecule has 2 aliphatic carbocycles. The maximum atomic E-state index is 12.7. The first-order chi connectivity index (χ1) is 11.8. The summed E-state index contributed by atoms with van der Waals surface area (Å²) in [5, 5.41) is 3.57. The van der Waals surface area contributed by atoms with Crippen molar-refractivity contribution in [2.75, 3.05) is 20.2 Å². The monoisotopic (exact) mass is 365 g/mol. The number of methoxy groups -OCH3 is 1. The molecule has 3 rings (SSSR count). The number of aryl methyl sites for hydroxylation is 1. The molecule has 2 aliphatic rings. The van der Waals surface area contributed by atoms with Crippen LogP contribution in [-0.2, 0) is 6.42 Å².